The van der Waals surface area contributed by atoms with Gasteiger partial charge in [-0.25, -0.2) is 0 Å². The van der Waals surface area contributed by atoms with Crippen LogP contribution in [0.3, 0.4) is 0 Å². The zero-order valence-corrected chi connectivity index (χ0v) is 10.4. The summed E-state index contributed by atoms with van der Waals surface area (Å²) in [5.41, 5.74) is 0.433. The largest absolute Gasteiger partial charge is 0.468 e. The molecule has 0 amide bonds. The van der Waals surface area contributed by atoms with Crippen LogP contribution in [0, 0.1) is 5.41 Å². The number of hydrogen-bond acceptors (Lipinski definition) is 3. The van der Waals surface area contributed by atoms with Gasteiger partial charge >= 0.3 is 5.97 Å². The summed E-state index contributed by atoms with van der Waals surface area (Å²) in [5, 5.41) is 0. The molecule has 0 aromatic heterocycles. The maximum absolute atomic E-state index is 11.4. The molecule has 1 rings (SSSR count). The number of nitrogens with zero attached hydrogens (tertiary/aromatic N) is 1. The second-order valence-electron chi connectivity index (χ2n) is 4.63. The number of carbonyl (C=O) groups excluding carboxylic acids is 1. The van der Waals surface area contributed by atoms with Crippen molar-refractivity contribution in [3.8, 4) is 0 Å². The van der Waals surface area contributed by atoms with E-state index in [0.29, 0.717) is 5.41 Å². The Bertz CT molecular complexity index is 224. The highest BCUT2D eigenvalue weighted by Crippen LogP contribution is 2.37. The van der Waals surface area contributed by atoms with E-state index in [1.54, 1.807) is 0 Å². The fourth-order valence-electron chi connectivity index (χ4n) is 2.45. The lowest BCUT2D eigenvalue weighted by atomic mass is 9.82. The molecule has 0 N–H and O–H groups in total. The molecular formula is C12H23NO2. The zero-order valence-electron chi connectivity index (χ0n) is 10.4. The molecule has 1 fully saturated rings. The highest BCUT2D eigenvalue weighted by molar-refractivity contribution is 5.75. The number of hydrogen-bond donors (Lipinski definition) is 0. The van der Waals surface area contributed by atoms with Crippen LogP contribution in [0.1, 0.15) is 40.0 Å². The molecule has 1 aliphatic heterocycles. The smallest absolute Gasteiger partial charge is 0.322 e. The minimum atomic E-state index is -0.113. The fourth-order valence-corrected chi connectivity index (χ4v) is 2.45. The van der Waals surface area contributed by atoms with Gasteiger partial charge in [0, 0.05) is 6.54 Å². The van der Waals surface area contributed by atoms with Gasteiger partial charge in [0.25, 0.3) is 0 Å². The molecule has 0 aliphatic carbocycles. The third-order valence-corrected chi connectivity index (χ3v) is 4.06. The molecular weight excluding hydrogens is 190 g/mol. The standard InChI is InChI=1S/C12H23NO2/c1-5-12(6-2)7-8-13(9-12)10(3)11(14)15-4/h10H,5-9H2,1-4H3. The minimum Gasteiger partial charge on any atom is -0.468 e. The van der Waals surface area contributed by atoms with Crippen molar-refractivity contribution in [3.63, 3.8) is 0 Å². The van der Waals surface area contributed by atoms with Crippen LogP contribution in [0.15, 0.2) is 0 Å². The number of esters is 1. The van der Waals surface area contributed by atoms with Gasteiger partial charge in [0.1, 0.15) is 6.04 Å². The van der Waals surface area contributed by atoms with E-state index in [9.17, 15) is 4.79 Å². The molecule has 1 unspecified atom stereocenters. The van der Waals surface area contributed by atoms with Gasteiger partial charge in [-0.2, -0.15) is 0 Å². The Morgan fingerprint density at radius 1 is 1.47 bits per heavy atom. The highest BCUT2D eigenvalue weighted by atomic mass is 16.5. The van der Waals surface area contributed by atoms with Crippen molar-refractivity contribution in [2.75, 3.05) is 20.2 Å². The molecule has 0 aromatic rings. The van der Waals surface area contributed by atoms with Crippen LogP contribution in [0.5, 0.6) is 0 Å². The molecule has 1 aliphatic rings. The first-order valence-electron chi connectivity index (χ1n) is 5.90. The Hall–Kier alpha value is -0.570. The van der Waals surface area contributed by atoms with Gasteiger partial charge in [0.15, 0.2) is 0 Å². The van der Waals surface area contributed by atoms with Gasteiger partial charge in [-0.3, -0.25) is 9.69 Å². The molecule has 15 heavy (non-hydrogen) atoms. The normalized spacial score (nSPS) is 22.7. The van der Waals surface area contributed by atoms with E-state index in [1.807, 2.05) is 6.92 Å². The lowest BCUT2D eigenvalue weighted by molar-refractivity contribution is -0.146. The number of ether oxygens (including phenoxy) is 1. The van der Waals surface area contributed by atoms with Crippen LogP contribution in [0.25, 0.3) is 0 Å². The molecule has 1 atom stereocenters. The third kappa shape index (κ3) is 2.51. The SMILES string of the molecule is CCC1(CC)CCN(C(C)C(=O)OC)C1. The first-order chi connectivity index (χ1) is 7.08. The van der Waals surface area contributed by atoms with Gasteiger partial charge in [-0.1, -0.05) is 13.8 Å². The average Bonchev–Trinajstić information content (AvgIpc) is 2.72. The molecule has 0 saturated carbocycles. The van der Waals surface area contributed by atoms with Crippen LogP contribution >= 0.6 is 0 Å². The van der Waals surface area contributed by atoms with Crippen molar-refractivity contribution >= 4 is 5.97 Å². The van der Waals surface area contributed by atoms with Crippen molar-refractivity contribution in [2.45, 2.75) is 46.1 Å². The highest BCUT2D eigenvalue weighted by Gasteiger charge is 2.38. The zero-order chi connectivity index (χ0) is 11.5. The summed E-state index contributed by atoms with van der Waals surface area (Å²) in [5.74, 6) is -0.113. The predicted octanol–water partition coefficient (Wildman–Crippen LogP) is 2.06. The van der Waals surface area contributed by atoms with Crippen molar-refractivity contribution in [1.82, 2.24) is 4.90 Å². The number of carbonyl (C=O) groups is 1. The lowest BCUT2D eigenvalue weighted by Crippen LogP contribution is -2.39. The summed E-state index contributed by atoms with van der Waals surface area (Å²) in [4.78, 5) is 13.7. The Kier molecular flexibility index (Phi) is 4.14. The monoisotopic (exact) mass is 213 g/mol. The number of rotatable bonds is 4. The van der Waals surface area contributed by atoms with Crippen molar-refractivity contribution in [2.24, 2.45) is 5.41 Å². The molecule has 3 heteroatoms. The topological polar surface area (TPSA) is 29.5 Å². The van der Waals surface area contributed by atoms with Crippen LogP contribution < -0.4 is 0 Å². The molecule has 0 aromatic carbocycles. The quantitative estimate of drug-likeness (QED) is 0.669. The Morgan fingerprint density at radius 2 is 2.07 bits per heavy atom. The summed E-state index contributed by atoms with van der Waals surface area (Å²) < 4.78 is 4.78. The van der Waals surface area contributed by atoms with E-state index in [2.05, 4.69) is 18.7 Å². The summed E-state index contributed by atoms with van der Waals surface area (Å²) in [6, 6.07) is -0.0880. The van der Waals surface area contributed by atoms with E-state index >= 15 is 0 Å². The maximum Gasteiger partial charge on any atom is 0.322 e. The number of methoxy groups -OCH3 is 1. The number of likely N-dealkylation sites (tertiary alicyclic amines) is 1. The van der Waals surface area contributed by atoms with Crippen LogP contribution in [-0.2, 0) is 9.53 Å². The summed E-state index contributed by atoms with van der Waals surface area (Å²) in [7, 11) is 1.46. The van der Waals surface area contributed by atoms with Crippen LogP contribution in [0.4, 0.5) is 0 Å². The average molecular weight is 213 g/mol. The van der Waals surface area contributed by atoms with Crippen molar-refractivity contribution < 1.29 is 9.53 Å². The van der Waals surface area contributed by atoms with E-state index in [1.165, 1.54) is 26.4 Å². The van der Waals surface area contributed by atoms with Gasteiger partial charge in [0.05, 0.1) is 7.11 Å². The molecule has 1 saturated heterocycles. The lowest BCUT2D eigenvalue weighted by Gasteiger charge is -2.28. The van der Waals surface area contributed by atoms with E-state index in [0.717, 1.165) is 13.1 Å². The summed E-state index contributed by atoms with van der Waals surface area (Å²) in [6.45, 7) is 8.49. The van der Waals surface area contributed by atoms with Crippen LogP contribution in [0.2, 0.25) is 0 Å². The molecule has 88 valence electrons. The van der Waals surface area contributed by atoms with Gasteiger partial charge < -0.3 is 4.74 Å². The van der Waals surface area contributed by atoms with Crippen LogP contribution in [-0.4, -0.2) is 37.1 Å². The summed E-state index contributed by atoms with van der Waals surface area (Å²) >= 11 is 0. The fraction of sp³-hybridized carbons (Fsp3) is 0.917. The van der Waals surface area contributed by atoms with E-state index in [4.69, 9.17) is 4.74 Å². The molecule has 1 heterocycles. The first-order valence-corrected chi connectivity index (χ1v) is 5.90. The molecule has 0 spiro atoms. The molecule has 0 bridgehead atoms. The predicted molar refractivity (Wildman–Crippen MR) is 60.7 cm³/mol. The van der Waals surface area contributed by atoms with Crippen molar-refractivity contribution in [3.05, 3.63) is 0 Å². The third-order valence-electron chi connectivity index (χ3n) is 4.06. The molecule has 3 nitrogen and oxygen atoms in total. The van der Waals surface area contributed by atoms with E-state index < -0.39 is 0 Å². The van der Waals surface area contributed by atoms with Crippen molar-refractivity contribution in [1.29, 1.82) is 0 Å². The maximum atomic E-state index is 11.4. The summed E-state index contributed by atoms with van der Waals surface area (Å²) in [6.07, 6.45) is 3.61. The Labute approximate surface area is 92.8 Å². The Balaban J connectivity index is 2.59. The second-order valence-corrected chi connectivity index (χ2v) is 4.63. The first kappa shape index (κ1) is 12.5. The van der Waals surface area contributed by atoms with Gasteiger partial charge in [-0.15, -0.1) is 0 Å². The Morgan fingerprint density at radius 3 is 2.47 bits per heavy atom. The van der Waals surface area contributed by atoms with Gasteiger partial charge in [-0.05, 0) is 38.1 Å². The minimum absolute atomic E-state index is 0.0880. The van der Waals surface area contributed by atoms with Gasteiger partial charge in [0.2, 0.25) is 0 Å². The second kappa shape index (κ2) is 4.97. The van der Waals surface area contributed by atoms with E-state index in [-0.39, 0.29) is 12.0 Å². The molecule has 0 radical (unpaired) electrons.